The molecule has 1 aliphatic rings. The van der Waals surface area contributed by atoms with E-state index in [9.17, 15) is 4.79 Å². The molecule has 3 rings (SSSR count). The van der Waals surface area contributed by atoms with Crippen molar-refractivity contribution >= 4 is 14.5 Å². The average Bonchev–Trinajstić information content (AvgIpc) is 3.14. The van der Waals surface area contributed by atoms with Crippen LogP contribution in [0.15, 0.2) is 48.5 Å². The van der Waals surface area contributed by atoms with Gasteiger partial charge in [-0.1, -0.05) is 48.5 Å². The van der Waals surface area contributed by atoms with Gasteiger partial charge in [0, 0.05) is 18.0 Å². The number of ether oxygens (including phenoxy) is 1. The van der Waals surface area contributed by atoms with E-state index in [0.29, 0.717) is 0 Å². The van der Waals surface area contributed by atoms with Crippen LogP contribution in [0.1, 0.15) is 51.2 Å². The first-order valence-electron chi connectivity index (χ1n) is 11.7. The van der Waals surface area contributed by atoms with Gasteiger partial charge in [0.15, 0.2) is 0 Å². The third kappa shape index (κ3) is 6.21. The number of nitriles is 1. The molecule has 7 nitrogen and oxygen atoms in total. The topological polar surface area (TPSA) is 97.8 Å². The molecule has 0 fully saturated rings. The van der Waals surface area contributed by atoms with Gasteiger partial charge >= 0.3 is 5.97 Å². The first-order chi connectivity index (χ1) is 16.3. The molecule has 2 N–H and O–H groups in total. The Kier molecular flexibility index (Phi) is 9.58. The van der Waals surface area contributed by atoms with Crippen LogP contribution < -0.4 is 5.73 Å². The van der Waals surface area contributed by atoms with Crippen LogP contribution >= 0.6 is 8.53 Å². The van der Waals surface area contributed by atoms with E-state index >= 15 is 0 Å². The molecule has 0 aliphatic heterocycles. The largest absolute Gasteiger partial charge is 0.463 e. The lowest BCUT2D eigenvalue weighted by Crippen LogP contribution is -2.39. The minimum atomic E-state index is -1.46. The summed E-state index contributed by atoms with van der Waals surface area (Å²) in [4.78, 5) is 12.7. The van der Waals surface area contributed by atoms with E-state index in [1.807, 2.05) is 24.3 Å². The van der Waals surface area contributed by atoms with Crippen molar-refractivity contribution in [1.82, 2.24) is 4.67 Å². The maximum absolute atomic E-state index is 12.7. The highest BCUT2D eigenvalue weighted by Crippen LogP contribution is 2.46. The van der Waals surface area contributed by atoms with E-state index < -0.39 is 20.5 Å². The summed E-state index contributed by atoms with van der Waals surface area (Å²) in [5, 5.41) is 8.84. The van der Waals surface area contributed by atoms with Crippen LogP contribution in [-0.4, -0.2) is 48.6 Å². The Morgan fingerprint density at radius 3 is 2.12 bits per heavy atom. The molecule has 2 aromatic rings. The van der Waals surface area contributed by atoms with E-state index in [1.54, 1.807) is 0 Å². The van der Waals surface area contributed by atoms with Crippen molar-refractivity contribution in [2.75, 3.05) is 19.8 Å². The van der Waals surface area contributed by atoms with Gasteiger partial charge in [0.25, 0.3) is 8.53 Å². The third-order valence-corrected chi connectivity index (χ3v) is 7.76. The Morgan fingerprint density at radius 1 is 1.03 bits per heavy atom. The van der Waals surface area contributed by atoms with Gasteiger partial charge in [-0.2, -0.15) is 5.26 Å². The highest BCUT2D eigenvalue weighted by molar-refractivity contribution is 7.44. The summed E-state index contributed by atoms with van der Waals surface area (Å²) in [7, 11) is -1.46. The molecule has 2 unspecified atom stereocenters. The number of rotatable bonds is 12. The molecule has 0 heterocycles. The summed E-state index contributed by atoms with van der Waals surface area (Å²) in [6.07, 6.45) is 0.269. The molecule has 2 aromatic carbocycles. The van der Waals surface area contributed by atoms with Crippen molar-refractivity contribution in [3.05, 3.63) is 59.7 Å². The van der Waals surface area contributed by atoms with Gasteiger partial charge in [-0.3, -0.25) is 4.79 Å². The fraction of sp³-hybridized carbons (Fsp3) is 0.462. The third-order valence-electron chi connectivity index (χ3n) is 5.68. The molecule has 34 heavy (non-hydrogen) atoms. The Bertz CT molecular complexity index is 954. The number of carbonyl (C=O) groups is 1. The molecular weight excluding hydrogens is 449 g/mol. The fourth-order valence-electron chi connectivity index (χ4n) is 4.24. The molecule has 0 saturated carbocycles. The smallest absolute Gasteiger partial charge is 0.325 e. The van der Waals surface area contributed by atoms with Crippen molar-refractivity contribution in [2.45, 2.75) is 58.2 Å². The van der Waals surface area contributed by atoms with E-state index in [2.05, 4.69) is 62.7 Å². The maximum atomic E-state index is 12.7. The minimum Gasteiger partial charge on any atom is -0.463 e. The lowest BCUT2D eigenvalue weighted by molar-refractivity contribution is -0.146. The van der Waals surface area contributed by atoms with Crippen molar-refractivity contribution in [3.8, 4) is 17.2 Å². The van der Waals surface area contributed by atoms with Crippen molar-refractivity contribution in [3.63, 3.8) is 0 Å². The lowest BCUT2D eigenvalue weighted by atomic mass is 9.98. The van der Waals surface area contributed by atoms with Crippen LogP contribution in [0.3, 0.4) is 0 Å². The number of fused-ring (bicyclic) bond motifs is 3. The molecule has 1 aliphatic carbocycles. The zero-order valence-corrected chi connectivity index (χ0v) is 21.2. The van der Waals surface area contributed by atoms with E-state index in [1.165, 1.54) is 11.1 Å². The second kappa shape index (κ2) is 12.4. The van der Waals surface area contributed by atoms with Crippen LogP contribution in [0.2, 0.25) is 0 Å². The second-order valence-corrected chi connectivity index (χ2v) is 10.3. The fourth-order valence-corrected chi connectivity index (χ4v) is 5.87. The zero-order chi connectivity index (χ0) is 24.7. The van der Waals surface area contributed by atoms with Gasteiger partial charge in [-0.05, 0) is 49.9 Å². The molecular formula is C26H34N3O4P. The minimum absolute atomic E-state index is 0.0201. The SMILES string of the molecule is CC(C)N(C(C)C)P(OCCC#N)OCC(N)C(=O)OCC1c2ccccc2-c2ccccc21. The summed E-state index contributed by atoms with van der Waals surface area (Å²) in [6.45, 7) is 8.67. The normalized spacial score (nSPS) is 14.7. The number of esters is 1. The molecule has 8 heteroatoms. The van der Waals surface area contributed by atoms with Gasteiger partial charge in [0.2, 0.25) is 0 Å². The number of benzene rings is 2. The zero-order valence-electron chi connectivity index (χ0n) is 20.3. The molecule has 0 spiro atoms. The van der Waals surface area contributed by atoms with Gasteiger partial charge in [-0.15, -0.1) is 0 Å². The standard InChI is InChI=1S/C26H34N3O4P/c1-18(2)29(19(3)4)34(32-15-9-14-27)33-17-25(28)26(30)31-16-24-22-12-7-5-10-20(22)21-11-6-8-13-23(21)24/h5-8,10-13,18-19,24-25H,9,15-17,28H2,1-4H3. The predicted molar refractivity (Wildman–Crippen MR) is 134 cm³/mol. The van der Waals surface area contributed by atoms with Crippen LogP contribution in [0.25, 0.3) is 11.1 Å². The van der Waals surface area contributed by atoms with E-state index in [4.69, 9.17) is 24.8 Å². The van der Waals surface area contributed by atoms with Crippen LogP contribution in [-0.2, 0) is 18.6 Å². The molecule has 182 valence electrons. The van der Waals surface area contributed by atoms with Crippen molar-refractivity contribution in [1.29, 1.82) is 5.26 Å². The van der Waals surface area contributed by atoms with Gasteiger partial charge in [0.05, 0.1) is 25.7 Å². The van der Waals surface area contributed by atoms with E-state index in [0.717, 1.165) is 11.1 Å². The molecule has 2 atom stereocenters. The van der Waals surface area contributed by atoms with E-state index in [-0.39, 0.29) is 44.2 Å². The molecule has 0 aromatic heterocycles. The summed E-state index contributed by atoms with van der Waals surface area (Å²) in [5.41, 5.74) is 10.8. The molecule has 0 radical (unpaired) electrons. The molecule has 0 saturated heterocycles. The summed E-state index contributed by atoms with van der Waals surface area (Å²) < 4.78 is 19.6. The summed E-state index contributed by atoms with van der Waals surface area (Å²) >= 11 is 0. The quantitative estimate of drug-likeness (QED) is 0.259. The Labute approximate surface area is 203 Å². The maximum Gasteiger partial charge on any atom is 0.325 e. The van der Waals surface area contributed by atoms with Gasteiger partial charge < -0.3 is 19.5 Å². The second-order valence-electron chi connectivity index (χ2n) is 8.81. The Morgan fingerprint density at radius 2 is 1.59 bits per heavy atom. The summed E-state index contributed by atoms with van der Waals surface area (Å²) in [6, 6.07) is 17.9. The van der Waals surface area contributed by atoms with Crippen molar-refractivity contribution in [2.24, 2.45) is 5.73 Å². The first kappa shape index (κ1) is 26.3. The number of nitrogens with two attached hydrogens (primary N) is 1. The predicted octanol–water partition coefficient (Wildman–Crippen LogP) is 4.96. The van der Waals surface area contributed by atoms with Gasteiger partial charge in [-0.25, -0.2) is 4.67 Å². The molecule has 0 bridgehead atoms. The Hall–Kier alpha value is -2.33. The Balaban J connectivity index is 1.60. The number of nitrogens with zero attached hydrogens (tertiary/aromatic N) is 2. The summed E-state index contributed by atoms with van der Waals surface area (Å²) in [5.74, 6) is -0.525. The highest BCUT2D eigenvalue weighted by atomic mass is 31.2. The number of carbonyl (C=O) groups excluding carboxylic acids is 1. The number of hydrogen-bond donors (Lipinski definition) is 1. The van der Waals surface area contributed by atoms with Gasteiger partial charge in [0.1, 0.15) is 12.6 Å². The first-order valence-corrected chi connectivity index (χ1v) is 12.8. The average molecular weight is 484 g/mol. The van der Waals surface area contributed by atoms with Crippen LogP contribution in [0.4, 0.5) is 0 Å². The monoisotopic (exact) mass is 483 g/mol. The molecule has 0 amide bonds. The highest BCUT2D eigenvalue weighted by Gasteiger charge is 2.31. The lowest BCUT2D eigenvalue weighted by Gasteiger charge is -2.35. The van der Waals surface area contributed by atoms with Crippen LogP contribution in [0, 0.1) is 11.3 Å². The van der Waals surface area contributed by atoms with Crippen molar-refractivity contribution < 1.29 is 18.6 Å². The van der Waals surface area contributed by atoms with Crippen LogP contribution in [0.5, 0.6) is 0 Å². The number of hydrogen-bond acceptors (Lipinski definition) is 7.